The minimum atomic E-state index is 0.199. The third-order valence-electron chi connectivity index (χ3n) is 3.47. The molecule has 1 N–H and O–H groups in total. The van der Waals surface area contributed by atoms with Crippen molar-refractivity contribution in [1.29, 1.82) is 0 Å². The fourth-order valence-electron chi connectivity index (χ4n) is 2.20. The summed E-state index contributed by atoms with van der Waals surface area (Å²) in [5, 5.41) is 3.52. The standard InChI is InChI=1S/C16H25N3/c1-12-9-14-15(10-13(12)2)19(11-17-14)8-6-7-18-16(3,4)5/h9-11,18H,6-8H2,1-5H3. The molecule has 0 aliphatic rings. The smallest absolute Gasteiger partial charge is 0.0958 e. The highest BCUT2D eigenvalue weighted by atomic mass is 15.0. The Labute approximate surface area is 116 Å². The molecule has 0 unspecified atom stereocenters. The number of hydrogen-bond acceptors (Lipinski definition) is 2. The summed E-state index contributed by atoms with van der Waals surface area (Å²) in [6, 6.07) is 4.42. The van der Waals surface area contributed by atoms with Gasteiger partial charge in [-0.2, -0.15) is 0 Å². The zero-order chi connectivity index (χ0) is 14.0. The second kappa shape index (κ2) is 5.33. The van der Waals surface area contributed by atoms with Crippen LogP contribution in [-0.2, 0) is 6.54 Å². The number of aromatic nitrogens is 2. The number of aryl methyl sites for hydroxylation is 3. The molecule has 0 saturated carbocycles. The number of fused-ring (bicyclic) bond motifs is 1. The first kappa shape index (κ1) is 14.1. The first-order valence-corrected chi connectivity index (χ1v) is 7.04. The van der Waals surface area contributed by atoms with Crippen LogP contribution in [0.2, 0.25) is 0 Å². The lowest BCUT2D eigenvalue weighted by atomic mass is 10.1. The third kappa shape index (κ3) is 3.57. The van der Waals surface area contributed by atoms with Crippen LogP contribution >= 0.6 is 0 Å². The minimum absolute atomic E-state index is 0.199. The van der Waals surface area contributed by atoms with Gasteiger partial charge in [0.1, 0.15) is 0 Å². The van der Waals surface area contributed by atoms with Crippen molar-refractivity contribution in [3.05, 3.63) is 29.6 Å². The highest BCUT2D eigenvalue weighted by Crippen LogP contribution is 2.18. The largest absolute Gasteiger partial charge is 0.331 e. The predicted octanol–water partition coefficient (Wildman–Crippen LogP) is 3.43. The van der Waals surface area contributed by atoms with Crippen LogP contribution in [0.1, 0.15) is 38.3 Å². The van der Waals surface area contributed by atoms with Gasteiger partial charge in [0.15, 0.2) is 0 Å². The lowest BCUT2D eigenvalue weighted by Gasteiger charge is -2.20. The van der Waals surface area contributed by atoms with Gasteiger partial charge in [0.2, 0.25) is 0 Å². The summed E-state index contributed by atoms with van der Waals surface area (Å²) in [5.41, 5.74) is 5.20. The van der Waals surface area contributed by atoms with Crippen molar-refractivity contribution >= 4 is 11.0 Å². The number of nitrogens with zero attached hydrogens (tertiary/aromatic N) is 2. The van der Waals surface area contributed by atoms with Crippen molar-refractivity contribution < 1.29 is 0 Å². The summed E-state index contributed by atoms with van der Waals surface area (Å²) in [6.45, 7) is 13.0. The highest BCUT2D eigenvalue weighted by molar-refractivity contribution is 5.77. The molecule has 19 heavy (non-hydrogen) atoms. The van der Waals surface area contributed by atoms with Gasteiger partial charge in [-0.3, -0.25) is 0 Å². The molecule has 3 nitrogen and oxygen atoms in total. The molecular formula is C16H25N3. The zero-order valence-electron chi connectivity index (χ0n) is 12.7. The summed E-state index contributed by atoms with van der Waals surface area (Å²) in [4.78, 5) is 4.49. The number of nitrogens with one attached hydrogen (secondary N) is 1. The van der Waals surface area contributed by atoms with Crippen LogP contribution in [0.15, 0.2) is 18.5 Å². The Kier molecular flexibility index (Phi) is 3.95. The SMILES string of the molecule is Cc1cc2ncn(CCCNC(C)(C)C)c2cc1C. The molecule has 104 valence electrons. The van der Waals surface area contributed by atoms with Crippen molar-refractivity contribution in [2.45, 2.75) is 53.1 Å². The van der Waals surface area contributed by atoms with Gasteiger partial charge in [-0.1, -0.05) is 0 Å². The van der Waals surface area contributed by atoms with Crippen molar-refractivity contribution in [2.24, 2.45) is 0 Å². The molecule has 2 aromatic rings. The Hall–Kier alpha value is -1.35. The molecule has 0 amide bonds. The Morgan fingerprint density at radius 1 is 1.16 bits per heavy atom. The summed E-state index contributed by atoms with van der Waals surface area (Å²) in [7, 11) is 0. The van der Waals surface area contributed by atoms with Crippen LogP contribution in [0.4, 0.5) is 0 Å². The van der Waals surface area contributed by atoms with Crippen LogP contribution in [0.25, 0.3) is 11.0 Å². The molecule has 0 radical (unpaired) electrons. The molecule has 3 heteroatoms. The van der Waals surface area contributed by atoms with Crippen LogP contribution in [0, 0.1) is 13.8 Å². The van der Waals surface area contributed by atoms with E-state index >= 15 is 0 Å². The Morgan fingerprint density at radius 3 is 2.53 bits per heavy atom. The normalized spacial score (nSPS) is 12.3. The molecule has 0 atom stereocenters. The van der Waals surface area contributed by atoms with Gasteiger partial charge in [-0.15, -0.1) is 0 Å². The van der Waals surface area contributed by atoms with Crippen molar-refractivity contribution in [3.8, 4) is 0 Å². The molecule has 1 aromatic heterocycles. The van der Waals surface area contributed by atoms with Gasteiger partial charge >= 0.3 is 0 Å². The molecule has 0 aliphatic heterocycles. The van der Waals surface area contributed by atoms with E-state index in [-0.39, 0.29) is 5.54 Å². The first-order chi connectivity index (χ1) is 8.87. The number of benzene rings is 1. The molecule has 0 bridgehead atoms. The van der Waals surface area contributed by atoms with Crippen LogP contribution in [-0.4, -0.2) is 21.6 Å². The second-order valence-corrected chi connectivity index (χ2v) is 6.39. The summed E-state index contributed by atoms with van der Waals surface area (Å²) in [5.74, 6) is 0. The minimum Gasteiger partial charge on any atom is -0.331 e. The Balaban J connectivity index is 2.03. The van der Waals surface area contributed by atoms with Gasteiger partial charge < -0.3 is 9.88 Å². The Morgan fingerprint density at radius 2 is 1.84 bits per heavy atom. The van der Waals surface area contributed by atoms with E-state index < -0.39 is 0 Å². The molecule has 0 spiro atoms. The monoisotopic (exact) mass is 259 g/mol. The van der Waals surface area contributed by atoms with Crippen LogP contribution in [0.5, 0.6) is 0 Å². The maximum Gasteiger partial charge on any atom is 0.0958 e. The summed E-state index contributed by atoms with van der Waals surface area (Å²) in [6.07, 6.45) is 3.08. The lowest BCUT2D eigenvalue weighted by molar-refractivity contribution is 0.414. The number of imidazole rings is 1. The van der Waals surface area contributed by atoms with Crippen molar-refractivity contribution in [1.82, 2.24) is 14.9 Å². The molecule has 1 aromatic carbocycles. The van der Waals surface area contributed by atoms with Crippen molar-refractivity contribution in [2.75, 3.05) is 6.54 Å². The number of rotatable bonds is 4. The molecule has 0 saturated heterocycles. The highest BCUT2D eigenvalue weighted by Gasteiger charge is 2.08. The Bertz CT molecular complexity index is 561. The van der Waals surface area contributed by atoms with E-state index in [4.69, 9.17) is 0 Å². The van der Waals surface area contributed by atoms with E-state index in [9.17, 15) is 0 Å². The fourth-order valence-corrected chi connectivity index (χ4v) is 2.20. The molecule has 1 heterocycles. The molecule has 0 fully saturated rings. The molecule has 2 rings (SSSR count). The topological polar surface area (TPSA) is 29.9 Å². The van der Waals surface area contributed by atoms with Gasteiger partial charge in [0, 0.05) is 12.1 Å². The molecular weight excluding hydrogens is 234 g/mol. The predicted molar refractivity (Wildman–Crippen MR) is 81.6 cm³/mol. The van der Waals surface area contributed by atoms with E-state index in [0.29, 0.717) is 0 Å². The quantitative estimate of drug-likeness (QED) is 0.853. The van der Waals surface area contributed by atoms with E-state index in [1.165, 1.54) is 16.6 Å². The first-order valence-electron chi connectivity index (χ1n) is 7.04. The third-order valence-corrected chi connectivity index (χ3v) is 3.47. The van der Waals surface area contributed by atoms with E-state index in [1.54, 1.807) is 0 Å². The van der Waals surface area contributed by atoms with Gasteiger partial charge in [0.25, 0.3) is 0 Å². The molecule has 0 aliphatic carbocycles. The summed E-state index contributed by atoms with van der Waals surface area (Å²) < 4.78 is 2.26. The van der Waals surface area contributed by atoms with E-state index in [0.717, 1.165) is 25.0 Å². The number of hydrogen-bond donors (Lipinski definition) is 1. The van der Waals surface area contributed by atoms with Gasteiger partial charge in [-0.05, 0) is 70.8 Å². The van der Waals surface area contributed by atoms with E-state index in [1.807, 2.05) is 6.33 Å². The average molecular weight is 259 g/mol. The maximum absolute atomic E-state index is 4.49. The summed E-state index contributed by atoms with van der Waals surface area (Å²) >= 11 is 0. The maximum atomic E-state index is 4.49. The van der Waals surface area contributed by atoms with Crippen LogP contribution in [0.3, 0.4) is 0 Å². The van der Waals surface area contributed by atoms with Gasteiger partial charge in [0.05, 0.1) is 17.4 Å². The van der Waals surface area contributed by atoms with Gasteiger partial charge in [-0.25, -0.2) is 4.98 Å². The van der Waals surface area contributed by atoms with Crippen molar-refractivity contribution in [3.63, 3.8) is 0 Å². The lowest BCUT2D eigenvalue weighted by Crippen LogP contribution is -2.36. The van der Waals surface area contributed by atoms with Crippen LogP contribution < -0.4 is 5.32 Å². The zero-order valence-corrected chi connectivity index (χ0v) is 12.7. The second-order valence-electron chi connectivity index (χ2n) is 6.39. The fraction of sp³-hybridized carbons (Fsp3) is 0.562. The van der Waals surface area contributed by atoms with E-state index in [2.05, 4.69) is 61.6 Å². The average Bonchev–Trinajstić information content (AvgIpc) is 2.67.